The van der Waals surface area contributed by atoms with E-state index in [4.69, 9.17) is 20.8 Å². The molecule has 0 aliphatic heterocycles. The summed E-state index contributed by atoms with van der Waals surface area (Å²) in [5, 5.41) is 20.5. The number of hydrogen-bond acceptors (Lipinski definition) is 7. The number of rotatable bonds is 6. The molecule has 2 aromatic heterocycles. The maximum absolute atomic E-state index is 11.8. The van der Waals surface area contributed by atoms with E-state index >= 15 is 0 Å². The first-order valence-electron chi connectivity index (χ1n) is 7.71. The van der Waals surface area contributed by atoms with E-state index in [9.17, 15) is 9.90 Å². The van der Waals surface area contributed by atoms with Crippen molar-refractivity contribution >= 4 is 23.5 Å². The molecule has 0 saturated carbocycles. The van der Waals surface area contributed by atoms with Gasteiger partial charge in [-0.15, -0.1) is 5.10 Å². The number of amides is 1. The van der Waals surface area contributed by atoms with Crippen LogP contribution in [0.4, 0.5) is 10.6 Å². The van der Waals surface area contributed by atoms with E-state index < -0.39 is 12.2 Å². The lowest BCUT2D eigenvalue weighted by Crippen LogP contribution is -2.14. The molecule has 1 amide bonds. The molecular weight excluding hydrogens is 362 g/mol. The zero-order chi connectivity index (χ0) is 18.5. The Bertz CT molecular complexity index is 892. The molecule has 2 heterocycles. The summed E-state index contributed by atoms with van der Waals surface area (Å²) in [6.45, 7) is 1.82. The van der Waals surface area contributed by atoms with Crippen molar-refractivity contribution in [1.82, 2.24) is 20.0 Å². The summed E-state index contributed by atoms with van der Waals surface area (Å²) in [5.74, 6) is 0.446. The van der Waals surface area contributed by atoms with Crippen molar-refractivity contribution in [3.63, 3.8) is 0 Å². The van der Waals surface area contributed by atoms with Crippen LogP contribution in [-0.2, 0) is 17.9 Å². The van der Waals surface area contributed by atoms with Gasteiger partial charge in [0.2, 0.25) is 5.89 Å². The van der Waals surface area contributed by atoms with Gasteiger partial charge in [0.25, 0.3) is 0 Å². The standard InChI is InChI=1S/C16H16ClN5O4/c1-10(23)15-19-12(9-25-15)7-22-18-6-14(21-22)20-16(24)26-8-11-4-2-3-5-13(11)17/h2-6,9-10,23H,7-8H2,1H3,(H,20,21,24). The summed E-state index contributed by atoms with van der Waals surface area (Å²) >= 11 is 6.00. The van der Waals surface area contributed by atoms with Crippen molar-refractivity contribution in [2.24, 2.45) is 0 Å². The highest BCUT2D eigenvalue weighted by molar-refractivity contribution is 6.31. The van der Waals surface area contributed by atoms with Crippen LogP contribution in [-0.4, -0.2) is 31.2 Å². The van der Waals surface area contributed by atoms with Gasteiger partial charge in [-0.05, 0) is 13.0 Å². The molecule has 0 saturated heterocycles. The largest absolute Gasteiger partial charge is 0.446 e. The van der Waals surface area contributed by atoms with Crippen molar-refractivity contribution in [3.8, 4) is 0 Å². The summed E-state index contributed by atoms with van der Waals surface area (Å²) in [4.78, 5) is 17.3. The van der Waals surface area contributed by atoms with Crippen molar-refractivity contribution in [1.29, 1.82) is 0 Å². The molecule has 9 nitrogen and oxygen atoms in total. The van der Waals surface area contributed by atoms with E-state index in [2.05, 4.69) is 20.5 Å². The van der Waals surface area contributed by atoms with E-state index in [0.717, 1.165) is 0 Å². The molecule has 0 fully saturated rings. The minimum Gasteiger partial charge on any atom is -0.446 e. The predicted octanol–water partition coefficient (Wildman–Crippen LogP) is 2.77. The highest BCUT2D eigenvalue weighted by Gasteiger charge is 2.12. The summed E-state index contributed by atoms with van der Waals surface area (Å²) in [6, 6.07) is 7.09. The zero-order valence-corrected chi connectivity index (χ0v) is 14.6. The van der Waals surface area contributed by atoms with Gasteiger partial charge in [-0.25, -0.2) is 9.78 Å². The molecule has 0 spiro atoms. The number of aliphatic hydroxyl groups excluding tert-OH is 1. The fourth-order valence-corrected chi connectivity index (χ4v) is 2.25. The number of oxazole rings is 1. The second kappa shape index (κ2) is 7.98. The van der Waals surface area contributed by atoms with E-state index in [0.29, 0.717) is 16.3 Å². The molecule has 1 aromatic carbocycles. The minimum atomic E-state index is -0.792. The maximum Gasteiger partial charge on any atom is 0.413 e. The van der Waals surface area contributed by atoms with Crippen LogP contribution in [0.15, 0.2) is 41.1 Å². The van der Waals surface area contributed by atoms with Gasteiger partial charge in [-0.1, -0.05) is 29.8 Å². The van der Waals surface area contributed by atoms with Gasteiger partial charge < -0.3 is 14.3 Å². The van der Waals surface area contributed by atoms with Gasteiger partial charge in [0.1, 0.15) is 31.2 Å². The van der Waals surface area contributed by atoms with Gasteiger partial charge in [-0.2, -0.15) is 9.90 Å². The Morgan fingerprint density at radius 3 is 3.00 bits per heavy atom. The Morgan fingerprint density at radius 1 is 1.46 bits per heavy atom. The van der Waals surface area contributed by atoms with E-state index in [1.165, 1.54) is 17.3 Å². The zero-order valence-electron chi connectivity index (χ0n) is 13.8. The maximum atomic E-state index is 11.8. The number of nitrogens with zero attached hydrogens (tertiary/aromatic N) is 4. The molecule has 3 aromatic rings. The minimum absolute atomic E-state index is 0.0424. The first kappa shape index (κ1) is 17.9. The van der Waals surface area contributed by atoms with E-state index in [1.807, 2.05) is 0 Å². The van der Waals surface area contributed by atoms with E-state index in [-0.39, 0.29) is 24.9 Å². The third-order valence-corrected chi connectivity index (χ3v) is 3.68. The number of hydrogen-bond donors (Lipinski definition) is 2. The second-order valence-electron chi connectivity index (χ2n) is 5.41. The van der Waals surface area contributed by atoms with Crippen LogP contribution in [0.3, 0.4) is 0 Å². The highest BCUT2D eigenvalue weighted by atomic mass is 35.5. The third-order valence-electron chi connectivity index (χ3n) is 3.31. The molecule has 10 heteroatoms. The van der Waals surface area contributed by atoms with Crippen molar-refractivity contribution in [2.75, 3.05) is 5.32 Å². The number of nitrogens with one attached hydrogen (secondary N) is 1. The van der Waals surface area contributed by atoms with Crippen LogP contribution >= 0.6 is 11.6 Å². The average molecular weight is 378 g/mol. The first-order chi connectivity index (χ1) is 12.5. The monoisotopic (exact) mass is 377 g/mol. The van der Waals surface area contributed by atoms with Crippen molar-refractivity contribution in [3.05, 3.63) is 58.9 Å². The number of anilines is 1. The Labute approximate surface area is 153 Å². The van der Waals surface area contributed by atoms with Crippen LogP contribution in [0.2, 0.25) is 5.02 Å². The van der Waals surface area contributed by atoms with Gasteiger partial charge in [-0.3, -0.25) is 5.32 Å². The Balaban J connectivity index is 1.52. The SMILES string of the molecule is CC(O)c1nc(Cn2ncc(NC(=O)OCc3ccccc3Cl)n2)co1. The van der Waals surface area contributed by atoms with Gasteiger partial charge >= 0.3 is 6.09 Å². The highest BCUT2D eigenvalue weighted by Crippen LogP contribution is 2.16. The predicted molar refractivity (Wildman–Crippen MR) is 91.5 cm³/mol. The summed E-state index contributed by atoms with van der Waals surface area (Å²) in [5.41, 5.74) is 1.25. The lowest BCUT2D eigenvalue weighted by molar-refractivity contribution is 0.155. The molecule has 0 aliphatic rings. The molecule has 2 N–H and O–H groups in total. The molecule has 0 radical (unpaired) electrons. The number of ether oxygens (including phenoxy) is 1. The summed E-state index contributed by atoms with van der Waals surface area (Å²) < 4.78 is 10.2. The van der Waals surface area contributed by atoms with Crippen LogP contribution in [0.25, 0.3) is 0 Å². The number of halogens is 1. The van der Waals surface area contributed by atoms with Crippen LogP contribution < -0.4 is 5.32 Å². The fourth-order valence-electron chi connectivity index (χ4n) is 2.06. The molecule has 1 atom stereocenters. The number of benzene rings is 1. The fraction of sp³-hybridized carbons (Fsp3) is 0.250. The lowest BCUT2D eigenvalue weighted by atomic mass is 10.2. The summed E-state index contributed by atoms with van der Waals surface area (Å²) in [7, 11) is 0. The van der Waals surface area contributed by atoms with E-state index in [1.54, 1.807) is 31.2 Å². The Kier molecular flexibility index (Phi) is 5.49. The molecule has 3 rings (SSSR count). The molecule has 136 valence electrons. The average Bonchev–Trinajstić information content (AvgIpc) is 3.24. The second-order valence-corrected chi connectivity index (χ2v) is 5.81. The molecule has 1 unspecified atom stereocenters. The number of aromatic nitrogens is 4. The molecule has 0 aliphatic carbocycles. The third kappa shape index (κ3) is 4.58. The topological polar surface area (TPSA) is 115 Å². The van der Waals surface area contributed by atoms with Crippen molar-refractivity contribution in [2.45, 2.75) is 26.2 Å². The van der Waals surface area contributed by atoms with Crippen LogP contribution in [0.5, 0.6) is 0 Å². The Hall–Kier alpha value is -2.91. The van der Waals surface area contributed by atoms with Crippen LogP contribution in [0.1, 0.15) is 30.2 Å². The number of carbonyl (C=O) groups excluding carboxylic acids is 1. The first-order valence-corrected chi connectivity index (χ1v) is 8.08. The lowest BCUT2D eigenvalue weighted by Gasteiger charge is -2.06. The normalized spacial score (nSPS) is 12.0. The smallest absolute Gasteiger partial charge is 0.413 e. The van der Waals surface area contributed by atoms with Gasteiger partial charge in [0.15, 0.2) is 5.82 Å². The van der Waals surface area contributed by atoms with Gasteiger partial charge in [0, 0.05) is 10.6 Å². The Morgan fingerprint density at radius 2 is 2.27 bits per heavy atom. The summed E-state index contributed by atoms with van der Waals surface area (Å²) in [6.07, 6.45) is 1.33. The van der Waals surface area contributed by atoms with Crippen LogP contribution in [0, 0.1) is 0 Å². The number of aliphatic hydroxyl groups is 1. The number of carbonyl (C=O) groups is 1. The molecular formula is C16H16ClN5O4. The quantitative estimate of drug-likeness (QED) is 0.678. The van der Waals surface area contributed by atoms with Gasteiger partial charge in [0.05, 0.1) is 6.20 Å². The molecule has 26 heavy (non-hydrogen) atoms. The van der Waals surface area contributed by atoms with Crippen molar-refractivity contribution < 1.29 is 19.1 Å². The molecule has 0 bridgehead atoms.